The zero-order valence-corrected chi connectivity index (χ0v) is 11.2. The third-order valence-corrected chi connectivity index (χ3v) is 3.46. The largest absolute Gasteiger partial charge is 0.481 e. The molecule has 1 N–H and O–H groups in total. The zero-order chi connectivity index (χ0) is 14.0. The number of anilines is 1. The maximum atomic E-state index is 12.2. The highest BCUT2D eigenvalue weighted by molar-refractivity contribution is 5.95. The molecule has 1 amide bonds. The highest BCUT2D eigenvalue weighted by Gasteiger charge is 2.31. The standard InChI is InChI=1S/C14H18N2O3/c1-15(2)12-5-3-10(4-6-12)13(17)16-8-7-11(9-16)14(18)19/h3-6,11H,7-9H2,1-2H3,(H,18,19). The lowest BCUT2D eigenvalue weighted by Gasteiger charge is -2.17. The first-order chi connectivity index (χ1) is 8.99. The Morgan fingerprint density at radius 2 is 1.89 bits per heavy atom. The SMILES string of the molecule is CN(C)c1ccc(C(=O)N2CCC(C(=O)O)C2)cc1. The fourth-order valence-electron chi connectivity index (χ4n) is 2.23. The van der Waals surface area contributed by atoms with E-state index in [2.05, 4.69) is 0 Å². The summed E-state index contributed by atoms with van der Waals surface area (Å²) >= 11 is 0. The van der Waals surface area contributed by atoms with Gasteiger partial charge in [0.2, 0.25) is 0 Å². The van der Waals surface area contributed by atoms with Gasteiger partial charge in [-0.15, -0.1) is 0 Å². The number of carbonyl (C=O) groups excluding carboxylic acids is 1. The fraction of sp³-hybridized carbons (Fsp3) is 0.429. The molecule has 1 heterocycles. The highest BCUT2D eigenvalue weighted by Crippen LogP contribution is 2.20. The number of amides is 1. The number of carbonyl (C=O) groups is 2. The van der Waals surface area contributed by atoms with Crippen LogP contribution >= 0.6 is 0 Å². The Kier molecular flexibility index (Phi) is 3.74. The molecule has 0 bridgehead atoms. The summed E-state index contributed by atoms with van der Waals surface area (Å²) < 4.78 is 0. The van der Waals surface area contributed by atoms with Crippen molar-refractivity contribution in [1.82, 2.24) is 4.90 Å². The van der Waals surface area contributed by atoms with Crippen LogP contribution in [0.5, 0.6) is 0 Å². The Labute approximate surface area is 112 Å². The molecule has 1 aliphatic heterocycles. The summed E-state index contributed by atoms with van der Waals surface area (Å²) in [5.74, 6) is -1.34. The lowest BCUT2D eigenvalue weighted by Crippen LogP contribution is -2.29. The minimum Gasteiger partial charge on any atom is -0.481 e. The molecule has 102 valence electrons. The summed E-state index contributed by atoms with van der Waals surface area (Å²) in [4.78, 5) is 26.7. The molecule has 1 fully saturated rings. The van der Waals surface area contributed by atoms with Crippen LogP contribution in [0.15, 0.2) is 24.3 Å². The molecule has 1 saturated heterocycles. The third kappa shape index (κ3) is 2.86. The molecular formula is C14H18N2O3. The van der Waals surface area contributed by atoms with Gasteiger partial charge in [-0.1, -0.05) is 0 Å². The summed E-state index contributed by atoms with van der Waals surface area (Å²) in [7, 11) is 3.88. The van der Waals surface area contributed by atoms with Gasteiger partial charge in [0, 0.05) is 38.4 Å². The normalized spacial score (nSPS) is 18.4. The van der Waals surface area contributed by atoms with Crippen molar-refractivity contribution in [3.05, 3.63) is 29.8 Å². The number of hydrogen-bond acceptors (Lipinski definition) is 3. The fourth-order valence-corrected chi connectivity index (χ4v) is 2.23. The Hall–Kier alpha value is -2.04. The van der Waals surface area contributed by atoms with E-state index in [-0.39, 0.29) is 5.91 Å². The van der Waals surface area contributed by atoms with E-state index in [1.807, 2.05) is 31.1 Å². The molecule has 5 nitrogen and oxygen atoms in total. The first kappa shape index (κ1) is 13.4. The second kappa shape index (κ2) is 5.30. The lowest BCUT2D eigenvalue weighted by atomic mass is 10.1. The van der Waals surface area contributed by atoms with Gasteiger partial charge in [-0.3, -0.25) is 9.59 Å². The van der Waals surface area contributed by atoms with Gasteiger partial charge < -0.3 is 14.9 Å². The Morgan fingerprint density at radius 3 is 2.37 bits per heavy atom. The number of likely N-dealkylation sites (tertiary alicyclic amines) is 1. The summed E-state index contributed by atoms with van der Waals surface area (Å²) in [6.45, 7) is 0.828. The quantitative estimate of drug-likeness (QED) is 0.892. The van der Waals surface area contributed by atoms with E-state index in [0.29, 0.717) is 25.1 Å². The van der Waals surface area contributed by atoms with E-state index < -0.39 is 11.9 Å². The molecule has 1 aromatic carbocycles. The van der Waals surface area contributed by atoms with Crippen molar-refractivity contribution in [2.45, 2.75) is 6.42 Å². The van der Waals surface area contributed by atoms with Crippen LogP contribution in [0.1, 0.15) is 16.8 Å². The molecule has 0 aromatic heterocycles. The van der Waals surface area contributed by atoms with Crippen molar-refractivity contribution in [1.29, 1.82) is 0 Å². The molecule has 19 heavy (non-hydrogen) atoms. The maximum absolute atomic E-state index is 12.2. The van der Waals surface area contributed by atoms with E-state index in [9.17, 15) is 9.59 Å². The highest BCUT2D eigenvalue weighted by atomic mass is 16.4. The number of hydrogen-bond donors (Lipinski definition) is 1. The topological polar surface area (TPSA) is 60.9 Å². The Morgan fingerprint density at radius 1 is 1.26 bits per heavy atom. The lowest BCUT2D eigenvalue weighted by molar-refractivity contribution is -0.141. The van der Waals surface area contributed by atoms with Gasteiger partial charge in [-0.2, -0.15) is 0 Å². The smallest absolute Gasteiger partial charge is 0.308 e. The van der Waals surface area contributed by atoms with Crippen LogP contribution in [0.25, 0.3) is 0 Å². The first-order valence-electron chi connectivity index (χ1n) is 6.28. The molecule has 5 heteroatoms. The predicted octanol–water partition coefficient (Wildman–Crippen LogP) is 1.30. The average Bonchev–Trinajstić information content (AvgIpc) is 2.87. The Bertz CT molecular complexity index is 482. The molecule has 0 radical (unpaired) electrons. The number of aliphatic carboxylic acids is 1. The predicted molar refractivity (Wildman–Crippen MR) is 72.4 cm³/mol. The second-order valence-electron chi connectivity index (χ2n) is 5.02. The van der Waals surface area contributed by atoms with Crippen LogP contribution in [0, 0.1) is 5.92 Å². The number of nitrogens with zero attached hydrogens (tertiary/aromatic N) is 2. The van der Waals surface area contributed by atoms with Crippen molar-refractivity contribution in [3.63, 3.8) is 0 Å². The summed E-state index contributed by atoms with van der Waals surface area (Å²) in [6, 6.07) is 7.34. The number of rotatable bonds is 3. The van der Waals surface area contributed by atoms with Gasteiger partial charge in [0.05, 0.1) is 5.92 Å². The number of benzene rings is 1. The molecule has 2 rings (SSSR count). The van der Waals surface area contributed by atoms with Crippen LogP contribution in [-0.4, -0.2) is 49.1 Å². The van der Waals surface area contributed by atoms with Crippen LogP contribution in [0.2, 0.25) is 0 Å². The van der Waals surface area contributed by atoms with Crippen LogP contribution < -0.4 is 4.90 Å². The van der Waals surface area contributed by atoms with Gasteiger partial charge in [0.25, 0.3) is 5.91 Å². The van der Waals surface area contributed by atoms with E-state index in [4.69, 9.17) is 5.11 Å². The number of carboxylic acid groups (broad SMARTS) is 1. The first-order valence-corrected chi connectivity index (χ1v) is 6.28. The third-order valence-electron chi connectivity index (χ3n) is 3.46. The van der Waals surface area contributed by atoms with Gasteiger partial charge >= 0.3 is 5.97 Å². The maximum Gasteiger partial charge on any atom is 0.308 e. The second-order valence-corrected chi connectivity index (χ2v) is 5.02. The number of carboxylic acids is 1. The molecule has 1 aromatic rings. The van der Waals surface area contributed by atoms with Gasteiger partial charge in [-0.25, -0.2) is 0 Å². The van der Waals surface area contributed by atoms with Crippen LogP contribution in [0.4, 0.5) is 5.69 Å². The monoisotopic (exact) mass is 262 g/mol. The molecule has 1 atom stereocenters. The van der Waals surface area contributed by atoms with E-state index in [0.717, 1.165) is 5.69 Å². The molecule has 0 aliphatic carbocycles. The van der Waals surface area contributed by atoms with Crippen LogP contribution in [0.3, 0.4) is 0 Å². The van der Waals surface area contributed by atoms with Crippen molar-refractivity contribution in [2.75, 3.05) is 32.1 Å². The van der Waals surface area contributed by atoms with Crippen molar-refractivity contribution in [3.8, 4) is 0 Å². The van der Waals surface area contributed by atoms with Gasteiger partial charge in [0.1, 0.15) is 0 Å². The summed E-state index contributed by atoms with van der Waals surface area (Å²) in [5.41, 5.74) is 1.64. The minimum absolute atomic E-state index is 0.0888. The van der Waals surface area contributed by atoms with Gasteiger partial charge in [0.15, 0.2) is 0 Å². The summed E-state index contributed by atoms with van der Waals surface area (Å²) in [6.07, 6.45) is 0.539. The van der Waals surface area contributed by atoms with E-state index in [1.165, 1.54) is 0 Å². The average molecular weight is 262 g/mol. The van der Waals surface area contributed by atoms with E-state index >= 15 is 0 Å². The van der Waals surface area contributed by atoms with Gasteiger partial charge in [-0.05, 0) is 30.7 Å². The molecule has 1 aliphatic rings. The van der Waals surface area contributed by atoms with Crippen molar-refractivity contribution in [2.24, 2.45) is 5.92 Å². The van der Waals surface area contributed by atoms with Crippen LogP contribution in [-0.2, 0) is 4.79 Å². The van der Waals surface area contributed by atoms with E-state index in [1.54, 1.807) is 17.0 Å². The van der Waals surface area contributed by atoms with Crippen molar-refractivity contribution >= 4 is 17.6 Å². The molecule has 0 spiro atoms. The summed E-state index contributed by atoms with van der Waals surface area (Å²) in [5, 5.41) is 8.94. The molecular weight excluding hydrogens is 244 g/mol. The van der Waals surface area contributed by atoms with Crippen molar-refractivity contribution < 1.29 is 14.7 Å². The molecule has 1 unspecified atom stereocenters. The minimum atomic E-state index is -0.821. The zero-order valence-electron chi connectivity index (χ0n) is 11.2. The molecule has 0 saturated carbocycles. The Balaban J connectivity index is 2.06.